The molecule has 1 fully saturated rings. The molecule has 3 amide bonds. The van der Waals surface area contributed by atoms with Gasteiger partial charge in [-0.1, -0.05) is 29.8 Å². The number of nitrogens with zero attached hydrogens (tertiary/aromatic N) is 1. The second kappa shape index (κ2) is 8.02. The van der Waals surface area contributed by atoms with E-state index in [1.54, 1.807) is 29.2 Å². The van der Waals surface area contributed by atoms with Gasteiger partial charge in [-0.25, -0.2) is 10.1 Å². The SMILES string of the molecule is O=C(NC1=[NH+][C@@H]2CCCC[C@@H]2N1C(=O)Nc1ccccc1)c1ccc(Cl)cc1. The molecule has 1 heterocycles. The smallest absolute Gasteiger partial charge is 0.294 e. The Morgan fingerprint density at radius 2 is 1.68 bits per heavy atom. The van der Waals surface area contributed by atoms with Crippen molar-refractivity contribution in [2.24, 2.45) is 0 Å². The molecule has 2 aromatic rings. The summed E-state index contributed by atoms with van der Waals surface area (Å²) in [4.78, 5) is 30.7. The van der Waals surface area contributed by atoms with E-state index in [0.717, 1.165) is 31.4 Å². The maximum Gasteiger partial charge on any atom is 0.386 e. The number of anilines is 1. The molecule has 0 bridgehead atoms. The van der Waals surface area contributed by atoms with E-state index >= 15 is 0 Å². The number of urea groups is 1. The Balaban J connectivity index is 1.55. The molecule has 1 aliphatic carbocycles. The Hall–Kier alpha value is -2.86. The van der Waals surface area contributed by atoms with Crippen LogP contribution in [-0.4, -0.2) is 34.9 Å². The summed E-state index contributed by atoms with van der Waals surface area (Å²) >= 11 is 5.90. The van der Waals surface area contributed by atoms with Crippen LogP contribution in [0.2, 0.25) is 5.02 Å². The maximum atomic E-state index is 13.0. The number of para-hydroxylation sites is 1. The van der Waals surface area contributed by atoms with Gasteiger partial charge < -0.3 is 0 Å². The minimum Gasteiger partial charge on any atom is -0.294 e. The Morgan fingerprint density at radius 3 is 2.43 bits per heavy atom. The Bertz CT molecular complexity index is 898. The number of benzene rings is 2. The monoisotopic (exact) mass is 397 g/mol. The van der Waals surface area contributed by atoms with E-state index in [4.69, 9.17) is 11.6 Å². The molecule has 0 spiro atoms. The van der Waals surface area contributed by atoms with E-state index in [1.807, 2.05) is 30.3 Å². The lowest BCUT2D eigenvalue weighted by atomic mass is 9.91. The van der Waals surface area contributed by atoms with Crippen LogP contribution in [0, 0.1) is 0 Å². The lowest BCUT2D eigenvalue weighted by molar-refractivity contribution is -0.500. The van der Waals surface area contributed by atoms with Gasteiger partial charge in [-0.3, -0.25) is 15.1 Å². The van der Waals surface area contributed by atoms with E-state index in [1.165, 1.54) is 0 Å². The summed E-state index contributed by atoms with van der Waals surface area (Å²) in [6, 6.07) is 15.9. The summed E-state index contributed by atoms with van der Waals surface area (Å²) in [7, 11) is 0. The highest BCUT2D eigenvalue weighted by Crippen LogP contribution is 2.24. The number of hydrogen-bond donors (Lipinski definition) is 3. The molecule has 2 aromatic carbocycles. The highest BCUT2D eigenvalue weighted by atomic mass is 35.5. The van der Waals surface area contributed by atoms with Gasteiger partial charge >= 0.3 is 17.9 Å². The van der Waals surface area contributed by atoms with Crippen LogP contribution in [0.3, 0.4) is 0 Å². The van der Waals surface area contributed by atoms with Gasteiger partial charge in [0.25, 0.3) is 0 Å². The van der Waals surface area contributed by atoms with Gasteiger partial charge in [0.2, 0.25) is 0 Å². The molecule has 0 unspecified atom stereocenters. The van der Waals surface area contributed by atoms with Crippen molar-refractivity contribution < 1.29 is 14.6 Å². The number of nitrogens with one attached hydrogen (secondary N) is 3. The van der Waals surface area contributed by atoms with Gasteiger partial charge in [-0.15, -0.1) is 0 Å². The summed E-state index contributed by atoms with van der Waals surface area (Å²) in [5.41, 5.74) is 1.20. The minimum atomic E-state index is -0.282. The van der Waals surface area contributed by atoms with Gasteiger partial charge in [0, 0.05) is 10.7 Å². The normalized spacial score (nSPS) is 20.9. The van der Waals surface area contributed by atoms with Crippen LogP contribution >= 0.6 is 11.6 Å². The molecule has 3 N–H and O–H groups in total. The van der Waals surface area contributed by atoms with Crippen molar-refractivity contribution >= 4 is 35.2 Å². The number of rotatable bonds is 2. The summed E-state index contributed by atoms with van der Waals surface area (Å²) in [5.74, 6) is 0.153. The zero-order chi connectivity index (χ0) is 19.5. The third-order valence-electron chi connectivity index (χ3n) is 5.21. The predicted molar refractivity (Wildman–Crippen MR) is 108 cm³/mol. The van der Waals surface area contributed by atoms with E-state index < -0.39 is 0 Å². The minimum absolute atomic E-state index is 0.0259. The number of carbonyl (C=O) groups is 2. The second-order valence-corrected chi connectivity index (χ2v) is 7.51. The molecule has 2 atom stereocenters. The highest BCUT2D eigenvalue weighted by molar-refractivity contribution is 6.30. The highest BCUT2D eigenvalue weighted by Gasteiger charge is 2.47. The molecule has 0 radical (unpaired) electrons. The predicted octanol–water partition coefficient (Wildman–Crippen LogP) is 2.37. The number of fused-ring (bicyclic) bond motifs is 1. The molecule has 144 valence electrons. The van der Waals surface area contributed by atoms with Crippen molar-refractivity contribution in [3.05, 3.63) is 65.2 Å². The van der Waals surface area contributed by atoms with Crippen LogP contribution in [0.1, 0.15) is 36.0 Å². The van der Waals surface area contributed by atoms with Crippen molar-refractivity contribution in [1.29, 1.82) is 0 Å². The first-order chi connectivity index (χ1) is 13.6. The quantitative estimate of drug-likeness (QED) is 0.727. The van der Waals surface area contributed by atoms with Crippen LogP contribution in [0.4, 0.5) is 10.5 Å². The summed E-state index contributed by atoms with van der Waals surface area (Å²) in [5, 5.41) is 6.37. The molecule has 28 heavy (non-hydrogen) atoms. The van der Waals surface area contributed by atoms with Crippen LogP contribution in [-0.2, 0) is 0 Å². The second-order valence-electron chi connectivity index (χ2n) is 7.08. The molecule has 0 aromatic heterocycles. The van der Waals surface area contributed by atoms with E-state index in [-0.39, 0.29) is 24.0 Å². The molecule has 1 saturated carbocycles. The first-order valence-corrected chi connectivity index (χ1v) is 9.85. The summed E-state index contributed by atoms with van der Waals surface area (Å²) in [6.07, 6.45) is 4.05. The molecule has 6 nitrogen and oxygen atoms in total. The molecule has 7 heteroatoms. The first-order valence-electron chi connectivity index (χ1n) is 9.47. The first kappa shape index (κ1) is 18.5. The largest absolute Gasteiger partial charge is 0.386 e. The fourth-order valence-electron chi connectivity index (χ4n) is 3.83. The number of carbonyl (C=O) groups excluding carboxylic acids is 2. The average molecular weight is 398 g/mol. The fourth-order valence-corrected chi connectivity index (χ4v) is 3.96. The lowest BCUT2D eigenvalue weighted by Gasteiger charge is -2.26. The number of halogens is 1. The summed E-state index contributed by atoms with van der Waals surface area (Å²) < 4.78 is 0. The van der Waals surface area contributed by atoms with Crippen molar-refractivity contribution in [3.8, 4) is 0 Å². The molecular weight excluding hydrogens is 376 g/mol. The van der Waals surface area contributed by atoms with E-state index in [9.17, 15) is 9.59 Å². The number of amides is 3. The van der Waals surface area contributed by atoms with Crippen molar-refractivity contribution in [3.63, 3.8) is 0 Å². The zero-order valence-corrected chi connectivity index (χ0v) is 16.1. The molecule has 2 aliphatic rings. The fraction of sp³-hybridized carbons (Fsp3) is 0.286. The Kier molecular flexibility index (Phi) is 5.30. The molecule has 4 rings (SSSR count). The van der Waals surface area contributed by atoms with Crippen molar-refractivity contribution in [1.82, 2.24) is 10.2 Å². The van der Waals surface area contributed by atoms with Crippen molar-refractivity contribution in [2.45, 2.75) is 37.8 Å². The van der Waals surface area contributed by atoms with Crippen molar-refractivity contribution in [2.75, 3.05) is 5.32 Å². The molecule has 0 saturated heterocycles. The van der Waals surface area contributed by atoms with Crippen LogP contribution in [0.15, 0.2) is 54.6 Å². The average Bonchev–Trinajstić information content (AvgIpc) is 3.07. The lowest BCUT2D eigenvalue weighted by Crippen LogP contribution is -2.80. The number of hydrogen-bond acceptors (Lipinski definition) is 2. The molecule has 1 aliphatic heterocycles. The van der Waals surface area contributed by atoms with Gasteiger partial charge in [-0.2, -0.15) is 4.90 Å². The maximum absolute atomic E-state index is 13.0. The standard InChI is InChI=1S/C21H21ClN4O2/c22-15-12-10-14(11-13-15)19(27)25-20-24-17-8-4-5-9-18(17)26(20)21(28)23-16-6-2-1-3-7-16/h1-3,6-7,10-13,17-18H,4-5,8-9H2,(H,23,28)(H,24,25,27)/p+1/t17-,18+/m1/s1. The van der Waals surface area contributed by atoms with Gasteiger partial charge in [-0.05, 0) is 62.1 Å². The Morgan fingerprint density at radius 1 is 0.964 bits per heavy atom. The molecular formula is C21H22ClN4O2+. The van der Waals surface area contributed by atoms with E-state index in [2.05, 4.69) is 15.6 Å². The Labute approximate surface area is 168 Å². The van der Waals surface area contributed by atoms with Crippen LogP contribution in [0.25, 0.3) is 0 Å². The van der Waals surface area contributed by atoms with Crippen LogP contribution < -0.4 is 15.6 Å². The third kappa shape index (κ3) is 3.87. The number of guanidine groups is 1. The topological polar surface area (TPSA) is 75.4 Å². The third-order valence-corrected chi connectivity index (χ3v) is 5.46. The van der Waals surface area contributed by atoms with Gasteiger partial charge in [0.15, 0.2) is 0 Å². The van der Waals surface area contributed by atoms with Gasteiger partial charge in [0.05, 0.1) is 5.56 Å². The van der Waals surface area contributed by atoms with E-state index in [0.29, 0.717) is 16.5 Å². The summed E-state index contributed by atoms with van der Waals surface area (Å²) in [6.45, 7) is 0. The van der Waals surface area contributed by atoms with Crippen LogP contribution in [0.5, 0.6) is 0 Å². The zero-order valence-electron chi connectivity index (χ0n) is 15.3. The van der Waals surface area contributed by atoms with Gasteiger partial charge in [0.1, 0.15) is 12.1 Å².